The average Bonchev–Trinajstić information content (AvgIpc) is 1.77. The first-order valence-electron chi connectivity index (χ1n) is 2.81. The Morgan fingerprint density at radius 2 is 2.50 bits per heavy atom. The molecule has 2 heteroatoms. The van der Waals surface area contributed by atoms with E-state index in [4.69, 9.17) is 0 Å². The quantitative estimate of drug-likeness (QED) is 0.480. The Morgan fingerprint density at radius 1 is 1.75 bits per heavy atom. The second-order valence-corrected chi connectivity index (χ2v) is 2.64. The summed E-state index contributed by atoms with van der Waals surface area (Å²) in [6, 6.07) is 0. The molecule has 46 valence electrons. The van der Waals surface area contributed by atoms with Crippen molar-refractivity contribution in [3.8, 4) is 0 Å². The van der Waals surface area contributed by atoms with E-state index in [9.17, 15) is 4.39 Å². The summed E-state index contributed by atoms with van der Waals surface area (Å²) < 4.78 is 12.3. The summed E-state index contributed by atoms with van der Waals surface area (Å²) in [5, 5.41) is 0. The molecule has 0 aromatic heterocycles. The highest BCUT2D eigenvalue weighted by Gasteiger charge is 2.09. The second-order valence-electron chi connectivity index (χ2n) is 2.07. The van der Waals surface area contributed by atoms with Crippen molar-refractivity contribution in [2.24, 2.45) is 0 Å². The minimum Gasteiger partial charge on any atom is -0.247 e. The van der Waals surface area contributed by atoms with Crippen LogP contribution in [-0.4, -0.2) is 6.17 Å². The zero-order valence-corrected chi connectivity index (χ0v) is 5.50. The van der Waals surface area contributed by atoms with Gasteiger partial charge in [0.05, 0.1) is 0 Å². The Bertz CT molecular complexity index is 109. The Morgan fingerprint density at radius 3 is 2.88 bits per heavy atom. The number of rotatable bonds is 0. The van der Waals surface area contributed by atoms with Crippen LogP contribution in [0.5, 0.6) is 0 Å². The highest BCUT2D eigenvalue weighted by atomic mass is 32.1. The predicted octanol–water partition coefficient (Wildman–Crippen LogP) is 2.32. The normalized spacial score (nSPS) is 29.8. The number of halogens is 1. The summed E-state index contributed by atoms with van der Waals surface area (Å²) in [5.41, 5.74) is 0. The summed E-state index contributed by atoms with van der Waals surface area (Å²) in [5.74, 6) is 0. The Labute approximate surface area is 54.2 Å². The molecule has 1 atom stereocenters. The molecule has 1 aliphatic carbocycles. The second kappa shape index (κ2) is 2.53. The molecule has 0 nitrogen and oxygen atoms in total. The first-order valence-corrected chi connectivity index (χ1v) is 3.26. The number of hydrogen-bond donors (Lipinski definition) is 1. The molecule has 0 aromatic rings. The molecule has 0 saturated carbocycles. The van der Waals surface area contributed by atoms with Crippen LogP contribution in [0.25, 0.3) is 0 Å². The molecular weight excluding hydrogens is 123 g/mol. The molecule has 0 aliphatic heterocycles. The van der Waals surface area contributed by atoms with Crippen molar-refractivity contribution in [1.29, 1.82) is 0 Å². The molecule has 0 unspecified atom stereocenters. The van der Waals surface area contributed by atoms with Gasteiger partial charge in [-0.2, -0.15) is 0 Å². The van der Waals surface area contributed by atoms with Crippen LogP contribution in [-0.2, 0) is 0 Å². The van der Waals surface area contributed by atoms with Crippen molar-refractivity contribution < 1.29 is 4.39 Å². The van der Waals surface area contributed by atoms with E-state index in [2.05, 4.69) is 12.6 Å². The van der Waals surface area contributed by atoms with Crippen LogP contribution in [0, 0.1) is 0 Å². The summed E-state index contributed by atoms with van der Waals surface area (Å²) in [6.45, 7) is 0. The maximum atomic E-state index is 12.3. The smallest absolute Gasteiger partial charge is 0.104 e. The molecule has 0 spiro atoms. The van der Waals surface area contributed by atoms with E-state index < -0.39 is 6.17 Å². The first kappa shape index (κ1) is 6.14. The van der Waals surface area contributed by atoms with E-state index in [1.54, 1.807) is 0 Å². The lowest BCUT2D eigenvalue weighted by atomic mass is 10.1. The van der Waals surface area contributed by atoms with Crippen molar-refractivity contribution in [1.82, 2.24) is 0 Å². The molecule has 1 rings (SSSR count). The van der Waals surface area contributed by atoms with Gasteiger partial charge < -0.3 is 0 Å². The third-order valence-electron chi connectivity index (χ3n) is 1.32. The maximum absolute atomic E-state index is 12.3. The van der Waals surface area contributed by atoms with Gasteiger partial charge in [0, 0.05) is 0 Å². The molecule has 8 heavy (non-hydrogen) atoms. The van der Waals surface area contributed by atoms with E-state index in [-0.39, 0.29) is 0 Å². The molecule has 0 amide bonds. The molecule has 0 N–H and O–H groups in total. The molecule has 0 heterocycles. The van der Waals surface area contributed by atoms with Crippen LogP contribution in [0.3, 0.4) is 0 Å². The van der Waals surface area contributed by atoms with Crippen molar-refractivity contribution in [2.45, 2.75) is 25.4 Å². The summed E-state index contributed by atoms with van der Waals surface area (Å²) in [6.07, 6.45) is 3.31. The topological polar surface area (TPSA) is 0 Å². The molecular formula is C6H9FS. The Hall–Kier alpha value is 0.0200. The minimum absolute atomic E-state index is 0.568. The van der Waals surface area contributed by atoms with Gasteiger partial charge in [-0.1, -0.05) is 6.08 Å². The molecule has 0 aromatic carbocycles. The largest absolute Gasteiger partial charge is 0.247 e. The van der Waals surface area contributed by atoms with Gasteiger partial charge in [0.2, 0.25) is 0 Å². The summed E-state index contributed by atoms with van der Waals surface area (Å²) in [7, 11) is 0. The molecule has 0 radical (unpaired) electrons. The molecule has 0 bridgehead atoms. The van der Waals surface area contributed by atoms with Crippen molar-refractivity contribution in [3.05, 3.63) is 11.0 Å². The zero-order chi connectivity index (χ0) is 5.98. The summed E-state index contributed by atoms with van der Waals surface area (Å²) in [4.78, 5) is 1.04. The third-order valence-corrected chi connectivity index (χ3v) is 1.73. The van der Waals surface area contributed by atoms with Gasteiger partial charge in [-0.05, 0) is 24.2 Å². The van der Waals surface area contributed by atoms with Crippen LogP contribution in [0.2, 0.25) is 0 Å². The van der Waals surface area contributed by atoms with Gasteiger partial charge in [0.25, 0.3) is 0 Å². The minimum atomic E-state index is -0.606. The molecule has 1 aliphatic rings. The predicted molar refractivity (Wildman–Crippen MR) is 35.8 cm³/mol. The Balaban J connectivity index is 2.42. The van der Waals surface area contributed by atoms with E-state index in [0.717, 1.165) is 11.3 Å². The van der Waals surface area contributed by atoms with Crippen molar-refractivity contribution in [2.75, 3.05) is 0 Å². The third kappa shape index (κ3) is 1.51. The van der Waals surface area contributed by atoms with E-state index in [1.807, 2.05) is 6.08 Å². The fraction of sp³-hybridized carbons (Fsp3) is 0.667. The lowest BCUT2D eigenvalue weighted by Gasteiger charge is -2.10. The van der Waals surface area contributed by atoms with Crippen molar-refractivity contribution >= 4 is 12.6 Å². The highest BCUT2D eigenvalue weighted by molar-refractivity contribution is 7.84. The first-order chi connectivity index (χ1) is 3.79. The lowest BCUT2D eigenvalue weighted by Crippen LogP contribution is -2.02. The van der Waals surface area contributed by atoms with Gasteiger partial charge in [-0.25, -0.2) is 4.39 Å². The van der Waals surface area contributed by atoms with Crippen LogP contribution in [0.1, 0.15) is 19.3 Å². The Kier molecular flexibility index (Phi) is 1.95. The number of hydrogen-bond acceptors (Lipinski definition) is 1. The SMILES string of the molecule is F[C@H]1CC=C(S)CC1. The van der Waals surface area contributed by atoms with Gasteiger partial charge in [-0.3, -0.25) is 0 Å². The number of allylic oxidation sites excluding steroid dienone is 2. The average molecular weight is 132 g/mol. The standard InChI is InChI=1S/C6H9FS/c7-5-1-3-6(8)4-2-5/h3,5,8H,1-2,4H2/t5-/m0/s1. The maximum Gasteiger partial charge on any atom is 0.104 e. The van der Waals surface area contributed by atoms with Crippen molar-refractivity contribution in [3.63, 3.8) is 0 Å². The monoisotopic (exact) mass is 132 g/mol. The van der Waals surface area contributed by atoms with Crippen LogP contribution < -0.4 is 0 Å². The number of alkyl halides is 1. The van der Waals surface area contributed by atoms with Crippen LogP contribution >= 0.6 is 12.6 Å². The number of thiol groups is 1. The van der Waals surface area contributed by atoms with Gasteiger partial charge in [0.1, 0.15) is 6.17 Å². The van der Waals surface area contributed by atoms with Gasteiger partial charge in [-0.15, -0.1) is 12.6 Å². The van der Waals surface area contributed by atoms with E-state index in [1.165, 1.54) is 0 Å². The molecule has 0 saturated heterocycles. The summed E-state index contributed by atoms with van der Waals surface area (Å²) >= 11 is 4.10. The van der Waals surface area contributed by atoms with Crippen LogP contribution in [0.4, 0.5) is 4.39 Å². The highest BCUT2D eigenvalue weighted by Crippen LogP contribution is 2.21. The van der Waals surface area contributed by atoms with E-state index >= 15 is 0 Å². The van der Waals surface area contributed by atoms with E-state index in [0.29, 0.717) is 12.8 Å². The van der Waals surface area contributed by atoms with Gasteiger partial charge >= 0.3 is 0 Å². The molecule has 0 fully saturated rings. The fourth-order valence-corrected chi connectivity index (χ4v) is 1.02. The fourth-order valence-electron chi connectivity index (χ4n) is 0.788. The van der Waals surface area contributed by atoms with Gasteiger partial charge in [0.15, 0.2) is 0 Å². The van der Waals surface area contributed by atoms with Crippen LogP contribution in [0.15, 0.2) is 11.0 Å². The lowest BCUT2D eigenvalue weighted by molar-refractivity contribution is 0.310. The zero-order valence-electron chi connectivity index (χ0n) is 4.60.